The Morgan fingerprint density at radius 2 is 1.76 bits per heavy atom. The molecule has 0 radical (unpaired) electrons. The highest BCUT2D eigenvalue weighted by Gasteiger charge is 2.35. The molecule has 0 amide bonds. The largest absolute Gasteiger partial charge is 0.508 e. The maximum atomic E-state index is 10.2. The van der Waals surface area contributed by atoms with Crippen molar-refractivity contribution in [2.45, 2.75) is 11.8 Å². The van der Waals surface area contributed by atoms with E-state index in [-0.39, 0.29) is 5.92 Å². The highest BCUT2D eigenvalue weighted by Crippen LogP contribution is 2.44. The number of hydrogen-bond acceptors (Lipinski definition) is 2. The molecule has 2 unspecified atom stereocenters. The average Bonchev–Trinajstić information content (AvgIpc) is 2.83. The van der Waals surface area contributed by atoms with Crippen molar-refractivity contribution in [1.29, 1.82) is 0 Å². The Kier molecular flexibility index (Phi) is 4.25. The number of para-hydroxylation sites is 1. The van der Waals surface area contributed by atoms with Crippen LogP contribution in [0.4, 0.5) is 0 Å². The molecule has 2 aromatic carbocycles. The van der Waals surface area contributed by atoms with E-state index >= 15 is 0 Å². The van der Waals surface area contributed by atoms with Gasteiger partial charge in [-0.25, -0.2) is 0 Å². The first kappa shape index (κ1) is 14.9. The molecule has 2 atom stereocenters. The molecule has 4 heteroatoms. The summed E-state index contributed by atoms with van der Waals surface area (Å²) >= 11 is 9.81. The molecule has 1 N–H and O–H groups in total. The summed E-state index contributed by atoms with van der Waals surface area (Å²) in [5.74, 6) is 0.961. The van der Waals surface area contributed by atoms with E-state index in [1.807, 2.05) is 36.4 Å². The van der Waals surface area contributed by atoms with Gasteiger partial charge in [-0.2, -0.15) is 0 Å². The summed E-state index contributed by atoms with van der Waals surface area (Å²) < 4.78 is 1.08. The molecular weight excluding hydrogens is 350 g/mol. The molecule has 0 aliphatic carbocycles. The molecule has 1 aliphatic rings. The minimum Gasteiger partial charge on any atom is -0.508 e. The number of likely N-dealkylation sites (tertiary alicyclic amines) is 1. The van der Waals surface area contributed by atoms with Crippen LogP contribution in [0.2, 0.25) is 5.02 Å². The van der Waals surface area contributed by atoms with Crippen molar-refractivity contribution in [2.75, 3.05) is 20.1 Å². The normalized spacial score (nSPS) is 22.6. The molecule has 21 heavy (non-hydrogen) atoms. The van der Waals surface area contributed by atoms with Crippen LogP contribution in [0, 0.1) is 0 Å². The fourth-order valence-electron chi connectivity index (χ4n) is 3.23. The van der Waals surface area contributed by atoms with E-state index in [2.05, 4.69) is 27.9 Å². The lowest BCUT2D eigenvalue weighted by atomic mass is 9.84. The first-order valence-corrected chi connectivity index (χ1v) is 8.14. The highest BCUT2D eigenvalue weighted by atomic mass is 79.9. The standard InChI is InChI=1S/C17H17BrClNO/c1-20-9-14(12-4-2-3-5-17(12)21)15(10-20)13-8-11(19)6-7-16(13)18/h2-8,14-15,21H,9-10H2,1H3. The first-order chi connectivity index (χ1) is 10.1. The summed E-state index contributed by atoms with van der Waals surface area (Å²) in [7, 11) is 2.12. The van der Waals surface area contributed by atoms with Gasteiger partial charge in [-0.3, -0.25) is 0 Å². The maximum absolute atomic E-state index is 10.2. The zero-order valence-electron chi connectivity index (χ0n) is 11.8. The number of phenols is 1. The van der Waals surface area contributed by atoms with Gasteiger partial charge >= 0.3 is 0 Å². The molecule has 1 saturated heterocycles. The van der Waals surface area contributed by atoms with Crippen LogP contribution in [0.5, 0.6) is 5.75 Å². The quantitative estimate of drug-likeness (QED) is 0.838. The second-order valence-corrected chi connectivity index (χ2v) is 6.95. The number of nitrogens with zero attached hydrogens (tertiary/aromatic N) is 1. The van der Waals surface area contributed by atoms with Gasteiger partial charge in [-0.05, 0) is 42.4 Å². The average molecular weight is 367 g/mol. The van der Waals surface area contributed by atoms with E-state index in [1.54, 1.807) is 6.07 Å². The second-order valence-electron chi connectivity index (χ2n) is 5.66. The highest BCUT2D eigenvalue weighted by molar-refractivity contribution is 9.10. The number of rotatable bonds is 2. The van der Waals surface area contributed by atoms with Gasteiger partial charge in [0, 0.05) is 34.4 Å². The summed E-state index contributed by atoms with van der Waals surface area (Å²) in [4.78, 5) is 2.30. The lowest BCUT2D eigenvalue weighted by molar-refractivity contribution is 0.405. The van der Waals surface area contributed by atoms with Crippen molar-refractivity contribution in [1.82, 2.24) is 4.90 Å². The number of aromatic hydroxyl groups is 1. The smallest absolute Gasteiger partial charge is 0.119 e. The minimum absolute atomic E-state index is 0.269. The van der Waals surface area contributed by atoms with Gasteiger partial charge in [0.2, 0.25) is 0 Å². The third-order valence-corrected chi connectivity index (χ3v) is 5.15. The Labute approximate surface area is 138 Å². The summed E-state index contributed by atoms with van der Waals surface area (Å²) in [5, 5.41) is 10.9. The molecule has 2 nitrogen and oxygen atoms in total. The van der Waals surface area contributed by atoms with Crippen LogP contribution in [-0.4, -0.2) is 30.1 Å². The molecule has 0 bridgehead atoms. The van der Waals surface area contributed by atoms with E-state index in [0.29, 0.717) is 11.7 Å². The van der Waals surface area contributed by atoms with E-state index in [9.17, 15) is 5.11 Å². The van der Waals surface area contributed by atoms with Gasteiger partial charge in [-0.1, -0.05) is 45.7 Å². The Hall–Kier alpha value is -1.03. The predicted octanol–water partition coefficient (Wildman–Crippen LogP) is 4.62. The number of likely N-dealkylation sites (N-methyl/N-ethyl adjacent to an activating group) is 1. The van der Waals surface area contributed by atoms with E-state index in [0.717, 1.165) is 28.1 Å². The number of hydrogen-bond donors (Lipinski definition) is 1. The third-order valence-electron chi connectivity index (χ3n) is 4.20. The number of benzene rings is 2. The van der Waals surface area contributed by atoms with Gasteiger partial charge in [0.05, 0.1) is 0 Å². The van der Waals surface area contributed by atoms with Crippen molar-refractivity contribution < 1.29 is 5.11 Å². The van der Waals surface area contributed by atoms with Crippen LogP contribution in [0.25, 0.3) is 0 Å². The van der Waals surface area contributed by atoms with Crippen molar-refractivity contribution in [3.8, 4) is 5.75 Å². The maximum Gasteiger partial charge on any atom is 0.119 e. The summed E-state index contributed by atoms with van der Waals surface area (Å²) in [6, 6.07) is 13.5. The summed E-state index contributed by atoms with van der Waals surface area (Å²) in [6.45, 7) is 1.89. The molecular formula is C17H17BrClNO. The summed E-state index contributed by atoms with van der Waals surface area (Å²) in [6.07, 6.45) is 0. The topological polar surface area (TPSA) is 23.5 Å². The Bertz CT molecular complexity index is 661. The molecule has 1 fully saturated rings. The van der Waals surface area contributed by atoms with Crippen molar-refractivity contribution in [3.05, 3.63) is 63.1 Å². The second kappa shape index (κ2) is 5.99. The fourth-order valence-corrected chi connectivity index (χ4v) is 3.95. The summed E-state index contributed by atoms with van der Waals surface area (Å²) in [5.41, 5.74) is 2.22. The monoisotopic (exact) mass is 365 g/mol. The molecule has 0 saturated carbocycles. The Morgan fingerprint density at radius 3 is 2.48 bits per heavy atom. The first-order valence-electron chi connectivity index (χ1n) is 6.97. The van der Waals surface area contributed by atoms with Crippen molar-refractivity contribution >= 4 is 27.5 Å². The van der Waals surface area contributed by atoms with E-state index in [4.69, 9.17) is 11.6 Å². The lowest BCUT2D eigenvalue weighted by Gasteiger charge is -2.21. The molecule has 0 aromatic heterocycles. The lowest BCUT2D eigenvalue weighted by Crippen LogP contribution is -2.13. The van der Waals surface area contributed by atoms with Crippen LogP contribution in [0.15, 0.2) is 46.9 Å². The SMILES string of the molecule is CN1CC(c2ccccc2O)C(c2cc(Cl)ccc2Br)C1. The molecule has 110 valence electrons. The van der Waals surface area contributed by atoms with Gasteiger partial charge < -0.3 is 10.0 Å². The predicted molar refractivity (Wildman–Crippen MR) is 90.2 cm³/mol. The molecule has 3 rings (SSSR count). The molecule has 1 heterocycles. The van der Waals surface area contributed by atoms with Crippen LogP contribution in [0.3, 0.4) is 0 Å². The van der Waals surface area contributed by atoms with Crippen molar-refractivity contribution in [3.63, 3.8) is 0 Å². The van der Waals surface area contributed by atoms with Gasteiger partial charge in [0.25, 0.3) is 0 Å². The molecule has 2 aromatic rings. The number of halogens is 2. The van der Waals surface area contributed by atoms with Crippen molar-refractivity contribution in [2.24, 2.45) is 0 Å². The van der Waals surface area contributed by atoms with Crippen LogP contribution < -0.4 is 0 Å². The molecule has 1 aliphatic heterocycles. The van der Waals surface area contributed by atoms with E-state index in [1.165, 1.54) is 5.56 Å². The van der Waals surface area contributed by atoms with Gasteiger partial charge in [-0.15, -0.1) is 0 Å². The zero-order valence-corrected chi connectivity index (χ0v) is 14.1. The van der Waals surface area contributed by atoms with Gasteiger partial charge in [0.1, 0.15) is 5.75 Å². The van der Waals surface area contributed by atoms with Crippen LogP contribution >= 0.6 is 27.5 Å². The van der Waals surface area contributed by atoms with Crippen LogP contribution in [0.1, 0.15) is 23.0 Å². The van der Waals surface area contributed by atoms with Crippen LogP contribution in [-0.2, 0) is 0 Å². The number of phenolic OH excluding ortho intramolecular Hbond substituents is 1. The minimum atomic E-state index is 0.269. The Morgan fingerprint density at radius 1 is 1.10 bits per heavy atom. The Balaban J connectivity index is 2.04. The third kappa shape index (κ3) is 2.96. The fraction of sp³-hybridized carbons (Fsp3) is 0.294. The van der Waals surface area contributed by atoms with Gasteiger partial charge in [0.15, 0.2) is 0 Å². The zero-order chi connectivity index (χ0) is 15.0. The molecule has 0 spiro atoms. The van der Waals surface area contributed by atoms with E-state index < -0.39 is 0 Å².